The van der Waals surface area contributed by atoms with Crippen molar-refractivity contribution < 1.29 is 96.4 Å². The van der Waals surface area contributed by atoms with Crippen LogP contribution in [0.5, 0.6) is 5.75 Å². The van der Waals surface area contributed by atoms with Crippen molar-refractivity contribution >= 4 is 134 Å². The van der Waals surface area contributed by atoms with Gasteiger partial charge in [0.25, 0.3) is 5.91 Å². The summed E-state index contributed by atoms with van der Waals surface area (Å²) >= 11 is 1.04. The van der Waals surface area contributed by atoms with E-state index in [1.807, 2.05) is 92.4 Å². The number of nitrogens with zero attached hydrogens (tertiary/aromatic N) is 6. The molecule has 1 unspecified atom stereocenters. The quantitative estimate of drug-likeness (QED) is 0.0260. The summed E-state index contributed by atoms with van der Waals surface area (Å²) in [5, 5.41) is 48.4. The van der Waals surface area contributed by atoms with Crippen LogP contribution in [-0.4, -0.2) is 265 Å². The molecule has 13 N–H and O–H groups in total. The molecule has 0 aliphatic carbocycles. The third kappa shape index (κ3) is 27.5. The zero-order chi connectivity index (χ0) is 93.8. The van der Waals surface area contributed by atoms with Crippen LogP contribution in [0.25, 0.3) is 10.9 Å². The van der Waals surface area contributed by atoms with E-state index in [0.717, 1.165) is 59.7 Å². The Bertz CT molecular complexity index is 4970. The van der Waals surface area contributed by atoms with E-state index < -0.39 is 162 Å². The van der Waals surface area contributed by atoms with Gasteiger partial charge in [0.15, 0.2) is 5.78 Å². The molecule has 38 heteroatoms. The monoisotopic (exact) mass is 1820 g/mol. The lowest BCUT2D eigenvalue weighted by atomic mass is 9.92. The number of Topliss-reactive ketones (excluding diaryl/α,β-unsaturated/α-hetero) is 1. The molecule has 700 valence electrons. The molecule has 11 rings (SSSR count). The molecule has 2 aromatic heterocycles. The van der Waals surface area contributed by atoms with E-state index in [1.54, 1.807) is 84.8 Å². The number of ketones is 1. The number of carboxylic acid groups (broad SMARTS) is 2. The molecule has 5 aliphatic heterocycles. The number of urea groups is 1. The second kappa shape index (κ2) is 47.8. The molecule has 11 atom stereocenters. The average molecular weight is 1820 g/mol. The molecule has 14 amide bonds. The molecule has 0 bridgehead atoms. The molecule has 5 aliphatic rings. The highest BCUT2D eigenvalue weighted by atomic mass is 32.1. The van der Waals surface area contributed by atoms with Gasteiger partial charge in [0.1, 0.15) is 54.1 Å². The highest BCUT2D eigenvalue weighted by Gasteiger charge is 2.43. The van der Waals surface area contributed by atoms with Gasteiger partial charge in [-0.1, -0.05) is 133 Å². The lowest BCUT2D eigenvalue weighted by Crippen LogP contribution is -2.62. The zero-order valence-corrected chi connectivity index (χ0v) is 75.5. The van der Waals surface area contributed by atoms with Crippen LogP contribution in [0, 0.1) is 11.8 Å². The van der Waals surface area contributed by atoms with Crippen molar-refractivity contribution in [1.29, 1.82) is 0 Å². The Kier molecular flexibility index (Phi) is 36.4. The smallest absolute Gasteiger partial charge is 0.414 e. The predicted octanol–water partition coefficient (Wildman–Crippen LogP) is 5.14. The first-order valence-electron chi connectivity index (χ1n) is 44.3. The number of nitrogens with one attached hydrogen (secondary N) is 11. The van der Waals surface area contributed by atoms with Gasteiger partial charge in [0.2, 0.25) is 65.1 Å². The Morgan fingerprint density at radius 1 is 0.523 bits per heavy atom. The number of ether oxygens (including phenoxy) is 2. The summed E-state index contributed by atoms with van der Waals surface area (Å²) in [6, 6.07) is 19.3. The van der Waals surface area contributed by atoms with Crippen LogP contribution in [0.15, 0.2) is 127 Å². The Morgan fingerprint density at radius 3 is 1.72 bits per heavy atom. The Hall–Kier alpha value is -13.2. The van der Waals surface area contributed by atoms with E-state index in [-0.39, 0.29) is 80.4 Å². The standard InChI is InChI=1S/C48H70N8O9.C44H51N9O11S/c1-7-8-18-36(44(59)50-37(33(4)57)30-43(58)54-26-24-53(25-27-54)41-20-13-14-21-42(41)64-5)49-46(61)39(29-34-31-56(48(63)65-6)40-19-12-11-17-35(34)40)51-45(60)38(28-32(2)3)52-47(62)55-22-15-9-10-16-23-55;1-24(2)19-29-38(57)46-30(20-25-23-45-28-12-7-6-11-27(25)28)39(58)48-32(22-35(55)56)40(59)47-31(21-34(54)53-16-14-52(15-17-53)26-9-4-3-5-10-26)41(60)51-37(44(63)64)43(62)50-36(42(61)49-29)33-13-8-18-65-33/h11-14,17,19-21,32,34,36-39H,7-10,15-16,18,22-31H2,1-6H3,(H,49,61)(H,50,59)(H,51,60)(H,52,62);3-13,18,23-24,29-32,36-37,45H,14-17,19-22H2,1-2H3,(H,46,57)(H,47,59)(H,48,58)(H,49,61)(H,50,62)(H,51,60)(H,55,56)(H,63,64)/t34?,36-,37-,38+,39-;29-,30+,31-,32+,36+,37+/m10/s1. The maximum atomic E-state index is 14.6. The first-order chi connectivity index (χ1) is 62.3. The number of rotatable bonds is 30. The first kappa shape index (κ1) is 99.0. The number of benzene rings is 4. The molecular formula is C92H121N17O20S. The van der Waals surface area contributed by atoms with Crippen molar-refractivity contribution in [1.82, 2.24) is 72.9 Å². The number of aromatic nitrogens is 1. The molecular weight excluding hydrogens is 1700 g/mol. The van der Waals surface area contributed by atoms with E-state index in [9.17, 15) is 86.9 Å². The van der Waals surface area contributed by atoms with Crippen molar-refractivity contribution in [3.63, 3.8) is 0 Å². The minimum atomic E-state index is -2.38. The summed E-state index contributed by atoms with van der Waals surface area (Å²) in [4.78, 5) is 233. The van der Waals surface area contributed by atoms with E-state index in [4.69, 9.17) is 9.47 Å². The number of hydrogen-bond donors (Lipinski definition) is 13. The Labute approximate surface area is 758 Å². The van der Waals surface area contributed by atoms with E-state index in [1.165, 1.54) is 29.9 Å². The van der Waals surface area contributed by atoms with E-state index in [0.29, 0.717) is 93.8 Å². The fraction of sp³-hybridized carbons (Fsp3) is 0.500. The zero-order valence-electron chi connectivity index (χ0n) is 74.6. The van der Waals surface area contributed by atoms with Crippen molar-refractivity contribution in [2.75, 3.05) is 101 Å². The second-order valence-corrected chi connectivity index (χ2v) is 34.9. The molecule has 4 fully saturated rings. The molecule has 37 nitrogen and oxygen atoms in total. The number of aliphatic carboxylic acids is 2. The SMILES string of the molecule is CC(C)C[C@@H]1NC(=O)[C@@H](c2cccs2)NC(=O)[C@H](C(=O)O)NC(=O)[C@H](CC(=O)N2CCN(c3ccccc3)CC2)NC(=O)[C@@H](CC(=O)O)NC(=O)[C@@H](Cc2c[nH]c3ccccc23)NC1=O.CCCC[C@@H](NC(=O)[C@@H](CC1CN(C(=O)OC)c2ccccc21)NC(=O)[C@H](CC(C)C)NC(=O)N1CCCCCC1)C(=O)N[C@H](CC(=O)N1CCN(c2ccccc2OC)CC1)C(C)=O. The van der Waals surface area contributed by atoms with Crippen molar-refractivity contribution in [2.24, 2.45) is 11.8 Å². The number of H-pyrrole nitrogens is 1. The fourth-order valence-electron chi connectivity index (χ4n) is 16.6. The average Bonchev–Trinajstić information content (AvgIpc) is 1.65. The number of amides is 14. The Balaban J connectivity index is 0.000000270. The summed E-state index contributed by atoms with van der Waals surface area (Å²) in [5.74, 6) is -13.1. The first-order valence-corrected chi connectivity index (χ1v) is 45.2. The largest absolute Gasteiger partial charge is 0.495 e. The van der Waals surface area contributed by atoms with Crippen molar-refractivity contribution in [3.05, 3.63) is 143 Å². The van der Waals surface area contributed by atoms with Gasteiger partial charge in [0.05, 0.1) is 50.9 Å². The number of carboxylic acids is 2. The normalized spacial score (nSPS) is 20.5. The lowest BCUT2D eigenvalue weighted by Gasteiger charge is -2.37. The van der Waals surface area contributed by atoms with Crippen LogP contribution in [0.1, 0.15) is 153 Å². The van der Waals surface area contributed by atoms with E-state index >= 15 is 0 Å². The summed E-state index contributed by atoms with van der Waals surface area (Å²) in [6.07, 6.45) is 4.54. The lowest BCUT2D eigenvalue weighted by molar-refractivity contribution is -0.148. The third-order valence-electron chi connectivity index (χ3n) is 23.6. The minimum absolute atomic E-state index is 0.0176. The highest BCUT2D eigenvalue weighted by Crippen LogP contribution is 2.39. The maximum Gasteiger partial charge on any atom is 0.414 e. The van der Waals surface area contributed by atoms with Gasteiger partial charge >= 0.3 is 24.1 Å². The van der Waals surface area contributed by atoms with Crippen molar-refractivity contribution in [2.45, 2.75) is 198 Å². The number of para-hydroxylation sites is 5. The van der Waals surface area contributed by atoms with Crippen LogP contribution in [0.4, 0.5) is 26.7 Å². The van der Waals surface area contributed by atoms with Crippen LogP contribution < -0.4 is 72.6 Å². The number of carbonyl (C=O) groups is 16. The van der Waals surface area contributed by atoms with Crippen LogP contribution >= 0.6 is 11.3 Å². The number of hydrogen-bond acceptors (Lipinski definition) is 21. The molecule has 7 heterocycles. The van der Waals surface area contributed by atoms with Crippen molar-refractivity contribution in [3.8, 4) is 5.75 Å². The molecule has 0 spiro atoms. The molecule has 0 saturated carbocycles. The van der Waals surface area contributed by atoms with Gasteiger partial charge in [0, 0.05) is 112 Å². The summed E-state index contributed by atoms with van der Waals surface area (Å²) in [5.41, 5.74) is 4.55. The Morgan fingerprint density at radius 2 is 1.09 bits per heavy atom. The molecule has 130 heavy (non-hydrogen) atoms. The van der Waals surface area contributed by atoms with Gasteiger partial charge < -0.3 is 102 Å². The predicted molar refractivity (Wildman–Crippen MR) is 484 cm³/mol. The van der Waals surface area contributed by atoms with Crippen LogP contribution in [-0.2, 0) is 78.3 Å². The summed E-state index contributed by atoms with van der Waals surface area (Å²) in [7, 11) is 2.91. The highest BCUT2D eigenvalue weighted by molar-refractivity contribution is 7.10. The number of unbranched alkanes of at least 4 members (excludes halogenated alkanes) is 1. The molecule has 6 aromatic rings. The van der Waals surface area contributed by atoms with Gasteiger partial charge in [-0.05, 0) is 116 Å². The van der Waals surface area contributed by atoms with E-state index in [2.05, 4.69) is 63.1 Å². The summed E-state index contributed by atoms with van der Waals surface area (Å²) < 4.78 is 10.6. The third-order valence-corrected chi connectivity index (χ3v) is 24.5. The number of aromatic amines is 1. The fourth-order valence-corrected chi connectivity index (χ4v) is 17.4. The molecule has 4 aromatic carbocycles. The summed E-state index contributed by atoms with van der Waals surface area (Å²) in [6.45, 7) is 15.3. The van der Waals surface area contributed by atoms with Gasteiger partial charge in [-0.15, -0.1) is 11.3 Å². The van der Waals surface area contributed by atoms with Gasteiger partial charge in [-0.2, -0.15) is 0 Å². The van der Waals surface area contributed by atoms with Gasteiger partial charge in [-0.3, -0.25) is 67.2 Å². The number of thiophene rings is 1. The number of piperazine rings is 2. The number of anilines is 3. The van der Waals surface area contributed by atoms with Gasteiger partial charge in [-0.25, -0.2) is 14.4 Å². The number of carbonyl (C=O) groups excluding carboxylic acids is 14. The van der Waals surface area contributed by atoms with Crippen LogP contribution in [0.2, 0.25) is 0 Å². The minimum Gasteiger partial charge on any atom is -0.495 e. The topological polar surface area (TPSA) is 488 Å². The van der Waals surface area contributed by atoms with Crippen LogP contribution in [0.3, 0.4) is 0 Å². The molecule has 4 saturated heterocycles. The second-order valence-electron chi connectivity index (χ2n) is 34.0. The maximum absolute atomic E-state index is 14.6. The number of likely N-dealkylation sites (tertiary alicyclic amines) is 1. The number of methoxy groups -OCH3 is 2. The molecule has 0 radical (unpaired) electrons. The number of fused-ring (bicyclic) bond motifs is 2.